The molecule has 6 nitrogen and oxygen atoms in total. The maximum Gasteiger partial charge on any atom is 0.280 e. The van der Waals surface area contributed by atoms with Gasteiger partial charge in [0, 0.05) is 11.4 Å². The molecule has 0 bridgehead atoms. The molecule has 0 radical (unpaired) electrons. The third-order valence-electron chi connectivity index (χ3n) is 3.64. The summed E-state index contributed by atoms with van der Waals surface area (Å²) in [6.45, 7) is 1.75. The lowest BCUT2D eigenvalue weighted by atomic mass is 10.1. The smallest absolute Gasteiger partial charge is 0.280 e. The van der Waals surface area contributed by atoms with Gasteiger partial charge in [0.25, 0.3) is 11.8 Å². The molecule has 0 unspecified atom stereocenters. The minimum Gasteiger partial charge on any atom is -0.347 e. The third-order valence-corrected chi connectivity index (χ3v) is 4.48. The number of rotatable bonds is 3. The Labute approximate surface area is 127 Å². The Balaban J connectivity index is 1.66. The van der Waals surface area contributed by atoms with Crippen LogP contribution in [0.2, 0.25) is 0 Å². The van der Waals surface area contributed by atoms with Crippen LogP contribution in [0.3, 0.4) is 0 Å². The molecule has 0 aliphatic heterocycles. The molecule has 0 aromatic carbocycles. The number of aryl methyl sites for hydroxylation is 1. The van der Waals surface area contributed by atoms with Crippen molar-refractivity contribution >= 4 is 17.2 Å². The van der Waals surface area contributed by atoms with Crippen LogP contribution in [0.4, 0.5) is 0 Å². The highest BCUT2D eigenvalue weighted by atomic mass is 32.1. The first-order valence-corrected chi connectivity index (χ1v) is 8.17. The number of aromatic nitrogens is 3. The van der Waals surface area contributed by atoms with Gasteiger partial charge in [-0.3, -0.25) is 4.79 Å². The van der Waals surface area contributed by atoms with Crippen molar-refractivity contribution in [3.63, 3.8) is 0 Å². The summed E-state index contributed by atoms with van der Waals surface area (Å²) in [4.78, 5) is 20.7. The predicted octanol–water partition coefficient (Wildman–Crippen LogP) is 2.95. The van der Waals surface area contributed by atoms with Gasteiger partial charge in [0.05, 0.1) is 0 Å². The van der Waals surface area contributed by atoms with E-state index in [-0.39, 0.29) is 11.9 Å². The lowest BCUT2D eigenvalue weighted by Gasteiger charge is -2.14. The molecular weight excluding hydrogens is 288 g/mol. The molecule has 1 amide bonds. The van der Waals surface area contributed by atoms with Crippen molar-refractivity contribution < 1.29 is 9.32 Å². The van der Waals surface area contributed by atoms with Crippen LogP contribution in [0.1, 0.15) is 54.2 Å². The summed E-state index contributed by atoms with van der Waals surface area (Å²) in [7, 11) is 0. The van der Waals surface area contributed by atoms with E-state index in [0.717, 1.165) is 12.8 Å². The summed E-state index contributed by atoms with van der Waals surface area (Å²) in [5, 5.41) is 9.04. The highest BCUT2D eigenvalue weighted by Gasteiger charge is 2.19. The Morgan fingerprint density at radius 1 is 1.29 bits per heavy atom. The molecule has 0 saturated heterocycles. The van der Waals surface area contributed by atoms with E-state index in [1.54, 1.807) is 12.3 Å². The fraction of sp³-hybridized carbons (Fsp3) is 0.571. The average molecular weight is 306 g/mol. The van der Waals surface area contributed by atoms with Crippen LogP contribution in [0.15, 0.2) is 9.90 Å². The first-order valence-electron chi connectivity index (χ1n) is 7.29. The van der Waals surface area contributed by atoms with Crippen LogP contribution < -0.4 is 5.32 Å². The van der Waals surface area contributed by atoms with Crippen molar-refractivity contribution in [2.75, 3.05) is 0 Å². The summed E-state index contributed by atoms with van der Waals surface area (Å²) in [5.41, 5.74) is 0.562. The van der Waals surface area contributed by atoms with Crippen LogP contribution in [0.25, 0.3) is 11.6 Å². The summed E-state index contributed by atoms with van der Waals surface area (Å²) < 4.78 is 5.06. The number of carbonyl (C=O) groups is 1. The molecule has 2 aromatic rings. The van der Waals surface area contributed by atoms with Crippen LogP contribution in [-0.2, 0) is 0 Å². The molecule has 112 valence electrons. The van der Waals surface area contributed by atoms with Crippen LogP contribution >= 0.6 is 11.3 Å². The molecule has 2 aromatic heterocycles. The van der Waals surface area contributed by atoms with E-state index in [1.165, 1.54) is 37.0 Å². The fourth-order valence-electron chi connectivity index (χ4n) is 2.55. The van der Waals surface area contributed by atoms with Crippen LogP contribution in [-0.4, -0.2) is 27.1 Å². The number of hydrogen-bond donors (Lipinski definition) is 1. The average Bonchev–Trinajstić information content (AvgIpc) is 3.04. The second-order valence-corrected chi connectivity index (χ2v) is 6.20. The number of carbonyl (C=O) groups excluding carboxylic acids is 1. The molecule has 2 heterocycles. The standard InChI is InChI=1S/C14H18N4O2S/c1-9-15-13(20-18-9)11-8-21-14(17-11)12(19)16-10-6-4-2-3-5-7-10/h8,10H,2-7H2,1H3,(H,16,19). The van der Waals surface area contributed by atoms with Crippen LogP contribution in [0.5, 0.6) is 0 Å². The van der Waals surface area contributed by atoms with Crippen molar-refractivity contribution in [2.45, 2.75) is 51.5 Å². The van der Waals surface area contributed by atoms with Gasteiger partial charge >= 0.3 is 0 Å². The fourth-order valence-corrected chi connectivity index (χ4v) is 3.24. The molecule has 1 fully saturated rings. The number of nitrogens with one attached hydrogen (secondary N) is 1. The Kier molecular flexibility index (Phi) is 4.28. The zero-order chi connectivity index (χ0) is 14.7. The predicted molar refractivity (Wildman–Crippen MR) is 79.1 cm³/mol. The SMILES string of the molecule is Cc1noc(-c2csc(C(=O)NC3CCCCCC3)n2)n1. The van der Waals surface area contributed by atoms with Gasteiger partial charge in [0.1, 0.15) is 5.69 Å². The minimum absolute atomic E-state index is 0.102. The summed E-state index contributed by atoms with van der Waals surface area (Å²) >= 11 is 1.30. The highest BCUT2D eigenvalue weighted by Crippen LogP contribution is 2.21. The van der Waals surface area contributed by atoms with E-state index in [1.807, 2.05) is 0 Å². The second kappa shape index (κ2) is 6.34. The summed E-state index contributed by atoms with van der Waals surface area (Å²) in [6, 6.07) is 0.276. The van der Waals surface area contributed by atoms with Crippen LogP contribution in [0, 0.1) is 6.92 Å². The molecule has 0 spiro atoms. The monoisotopic (exact) mass is 306 g/mol. The molecule has 0 atom stereocenters. The normalized spacial score (nSPS) is 16.6. The molecule has 1 saturated carbocycles. The number of thiazole rings is 1. The second-order valence-electron chi connectivity index (χ2n) is 5.35. The largest absolute Gasteiger partial charge is 0.347 e. The van der Waals surface area contributed by atoms with Gasteiger partial charge in [0.2, 0.25) is 0 Å². The Morgan fingerprint density at radius 2 is 2.05 bits per heavy atom. The molecule has 1 N–H and O–H groups in total. The molecule has 21 heavy (non-hydrogen) atoms. The Bertz CT molecular complexity index is 614. The maximum atomic E-state index is 12.2. The van der Waals surface area contributed by atoms with Gasteiger partial charge in [-0.15, -0.1) is 11.3 Å². The maximum absolute atomic E-state index is 12.2. The molecule has 1 aliphatic rings. The third kappa shape index (κ3) is 3.47. The zero-order valence-corrected chi connectivity index (χ0v) is 12.8. The highest BCUT2D eigenvalue weighted by molar-refractivity contribution is 7.12. The Hall–Kier alpha value is -1.76. The van der Waals surface area contributed by atoms with E-state index in [2.05, 4.69) is 20.4 Å². The van der Waals surface area contributed by atoms with Crippen molar-refractivity contribution in [1.82, 2.24) is 20.4 Å². The topological polar surface area (TPSA) is 80.9 Å². The first kappa shape index (κ1) is 14.2. The van der Waals surface area contributed by atoms with E-state index in [9.17, 15) is 4.79 Å². The van der Waals surface area contributed by atoms with Crippen molar-refractivity contribution in [3.8, 4) is 11.6 Å². The summed E-state index contributed by atoms with van der Waals surface area (Å²) in [5.74, 6) is 0.814. The minimum atomic E-state index is -0.102. The van der Waals surface area contributed by atoms with E-state index in [4.69, 9.17) is 4.52 Å². The molecular formula is C14H18N4O2S. The van der Waals surface area contributed by atoms with Gasteiger partial charge < -0.3 is 9.84 Å². The van der Waals surface area contributed by atoms with Gasteiger partial charge in [-0.2, -0.15) is 4.98 Å². The zero-order valence-electron chi connectivity index (χ0n) is 12.0. The molecule has 3 rings (SSSR count). The van der Waals surface area contributed by atoms with Gasteiger partial charge in [-0.25, -0.2) is 4.98 Å². The van der Waals surface area contributed by atoms with E-state index in [0.29, 0.717) is 22.4 Å². The van der Waals surface area contributed by atoms with Gasteiger partial charge in [-0.05, 0) is 19.8 Å². The quantitative estimate of drug-likeness (QED) is 0.882. The van der Waals surface area contributed by atoms with Gasteiger partial charge in [-0.1, -0.05) is 30.8 Å². The lowest BCUT2D eigenvalue weighted by Crippen LogP contribution is -2.34. The molecule has 1 aliphatic carbocycles. The molecule has 7 heteroatoms. The Morgan fingerprint density at radius 3 is 2.71 bits per heavy atom. The van der Waals surface area contributed by atoms with Crippen molar-refractivity contribution in [3.05, 3.63) is 16.2 Å². The summed E-state index contributed by atoms with van der Waals surface area (Å²) in [6.07, 6.45) is 7.04. The van der Waals surface area contributed by atoms with Gasteiger partial charge in [0.15, 0.2) is 10.8 Å². The first-order chi connectivity index (χ1) is 10.2. The van der Waals surface area contributed by atoms with Crippen molar-refractivity contribution in [1.29, 1.82) is 0 Å². The number of nitrogens with zero attached hydrogens (tertiary/aromatic N) is 3. The number of amides is 1. The van der Waals surface area contributed by atoms with Crippen molar-refractivity contribution in [2.24, 2.45) is 0 Å². The number of hydrogen-bond acceptors (Lipinski definition) is 6. The van der Waals surface area contributed by atoms with E-state index < -0.39 is 0 Å². The van der Waals surface area contributed by atoms with E-state index >= 15 is 0 Å². The lowest BCUT2D eigenvalue weighted by molar-refractivity contribution is 0.0933.